The number of para-hydroxylation sites is 1. The molecular formula is C20H23N3O3. The van der Waals surface area contributed by atoms with Crippen LogP contribution in [0.1, 0.15) is 25.3 Å². The fraction of sp³-hybridized carbons (Fsp3) is 0.350. The van der Waals surface area contributed by atoms with E-state index in [1.165, 1.54) is 6.07 Å². The molecule has 0 bridgehead atoms. The van der Waals surface area contributed by atoms with E-state index in [9.17, 15) is 14.9 Å². The number of rotatable bonds is 5. The number of piperidine rings is 1. The van der Waals surface area contributed by atoms with Gasteiger partial charge in [0.05, 0.1) is 4.92 Å². The maximum absolute atomic E-state index is 12.2. The first-order valence-electron chi connectivity index (χ1n) is 8.85. The number of hydrogen-bond donors (Lipinski definition) is 0. The third-order valence-corrected chi connectivity index (χ3v) is 4.82. The molecule has 6 heteroatoms. The van der Waals surface area contributed by atoms with Crippen LogP contribution in [0.3, 0.4) is 0 Å². The molecule has 1 fully saturated rings. The maximum atomic E-state index is 12.2. The zero-order chi connectivity index (χ0) is 18.5. The topological polar surface area (TPSA) is 66.7 Å². The summed E-state index contributed by atoms with van der Waals surface area (Å²) in [4.78, 5) is 26.9. The van der Waals surface area contributed by atoms with Crippen molar-refractivity contribution in [2.24, 2.45) is 0 Å². The number of likely N-dealkylation sites (tertiary alicyclic amines) is 1. The minimum atomic E-state index is -0.361. The molecular weight excluding hydrogens is 330 g/mol. The number of anilines is 1. The van der Waals surface area contributed by atoms with E-state index in [4.69, 9.17) is 0 Å². The molecule has 0 aromatic heterocycles. The van der Waals surface area contributed by atoms with Gasteiger partial charge in [-0.25, -0.2) is 0 Å². The lowest BCUT2D eigenvalue weighted by atomic mass is 10.0. The van der Waals surface area contributed by atoms with Crippen LogP contribution >= 0.6 is 0 Å². The SMILES string of the molecule is CC(=O)N(c1ccccc1)C1CCN(Cc2cccc([N+](=O)[O-])c2)CC1. The fourth-order valence-corrected chi connectivity index (χ4v) is 3.60. The number of carbonyl (C=O) groups is 1. The highest BCUT2D eigenvalue weighted by atomic mass is 16.6. The van der Waals surface area contributed by atoms with Gasteiger partial charge < -0.3 is 4.90 Å². The van der Waals surface area contributed by atoms with Crippen LogP contribution < -0.4 is 4.90 Å². The van der Waals surface area contributed by atoms with E-state index >= 15 is 0 Å². The van der Waals surface area contributed by atoms with Crippen LogP contribution in [-0.4, -0.2) is 34.9 Å². The second-order valence-corrected chi connectivity index (χ2v) is 6.66. The first-order chi connectivity index (χ1) is 12.5. The molecule has 1 heterocycles. The Morgan fingerprint density at radius 1 is 1.15 bits per heavy atom. The summed E-state index contributed by atoms with van der Waals surface area (Å²) in [6, 6.07) is 16.8. The highest BCUT2D eigenvalue weighted by molar-refractivity contribution is 5.92. The highest BCUT2D eigenvalue weighted by Crippen LogP contribution is 2.25. The number of hydrogen-bond acceptors (Lipinski definition) is 4. The second-order valence-electron chi connectivity index (χ2n) is 6.66. The minimum absolute atomic E-state index is 0.0633. The lowest BCUT2D eigenvalue weighted by molar-refractivity contribution is -0.384. The summed E-state index contributed by atoms with van der Waals surface area (Å²) < 4.78 is 0. The van der Waals surface area contributed by atoms with Crippen molar-refractivity contribution < 1.29 is 9.72 Å². The Hall–Kier alpha value is -2.73. The number of carbonyl (C=O) groups excluding carboxylic acids is 1. The van der Waals surface area contributed by atoms with Crippen molar-refractivity contribution >= 4 is 17.3 Å². The first kappa shape index (κ1) is 18.1. The molecule has 1 amide bonds. The van der Waals surface area contributed by atoms with Gasteiger partial charge in [0.2, 0.25) is 5.91 Å². The molecule has 0 atom stereocenters. The van der Waals surface area contributed by atoms with Crippen LogP contribution in [0.2, 0.25) is 0 Å². The van der Waals surface area contributed by atoms with Gasteiger partial charge in [-0.1, -0.05) is 30.3 Å². The van der Waals surface area contributed by atoms with E-state index < -0.39 is 0 Å². The Labute approximate surface area is 153 Å². The molecule has 2 aromatic rings. The Balaban J connectivity index is 1.62. The van der Waals surface area contributed by atoms with E-state index in [1.807, 2.05) is 41.3 Å². The van der Waals surface area contributed by atoms with Gasteiger partial charge in [-0.3, -0.25) is 19.8 Å². The summed E-state index contributed by atoms with van der Waals surface area (Å²) in [7, 11) is 0. The molecule has 3 rings (SSSR count). The van der Waals surface area contributed by atoms with Crippen molar-refractivity contribution in [2.75, 3.05) is 18.0 Å². The third kappa shape index (κ3) is 4.26. The zero-order valence-corrected chi connectivity index (χ0v) is 14.9. The van der Waals surface area contributed by atoms with Crippen LogP contribution in [0, 0.1) is 10.1 Å². The number of amides is 1. The first-order valence-corrected chi connectivity index (χ1v) is 8.85. The predicted molar refractivity (Wildman–Crippen MR) is 101 cm³/mol. The van der Waals surface area contributed by atoms with Gasteiger partial charge in [0, 0.05) is 50.4 Å². The van der Waals surface area contributed by atoms with Crippen molar-refractivity contribution in [2.45, 2.75) is 32.4 Å². The Morgan fingerprint density at radius 2 is 1.85 bits per heavy atom. The Kier molecular flexibility index (Phi) is 5.63. The average molecular weight is 353 g/mol. The van der Waals surface area contributed by atoms with Gasteiger partial charge in [0.1, 0.15) is 0 Å². The summed E-state index contributed by atoms with van der Waals surface area (Å²) in [5.74, 6) is 0.0633. The molecule has 0 unspecified atom stereocenters. The average Bonchev–Trinajstić information content (AvgIpc) is 2.64. The minimum Gasteiger partial charge on any atom is -0.310 e. The third-order valence-electron chi connectivity index (χ3n) is 4.82. The van der Waals surface area contributed by atoms with E-state index in [0.717, 1.165) is 37.2 Å². The summed E-state index contributed by atoms with van der Waals surface area (Å²) in [5, 5.41) is 10.9. The Bertz CT molecular complexity index is 771. The fourth-order valence-electron chi connectivity index (χ4n) is 3.60. The van der Waals surface area contributed by atoms with Crippen LogP contribution in [0.25, 0.3) is 0 Å². The van der Waals surface area contributed by atoms with Gasteiger partial charge in [-0.2, -0.15) is 0 Å². The molecule has 136 valence electrons. The van der Waals surface area contributed by atoms with Gasteiger partial charge in [-0.05, 0) is 30.5 Å². The van der Waals surface area contributed by atoms with E-state index in [1.54, 1.807) is 19.1 Å². The molecule has 0 saturated carbocycles. The van der Waals surface area contributed by atoms with E-state index in [-0.39, 0.29) is 22.6 Å². The van der Waals surface area contributed by atoms with Crippen molar-refractivity contribution in [1.82, 2.24) is 4.90 Å². The molecule has 0 spiro atoms. The highest BCUT2D eigenvalue weighted by Gasteiger charge is 2.27. The quantitative estimate of drug-likeness (QED) is 0.608. The summed E-state index contributed by atoms with van der Waals surface area (Å²) in [5.41, 5.74) is 2.02. The van der Waals surface area contributed by atoms with Crippen LogP contribution in [0.15, 0.2) is 54.6 Å². The maximum Gasteiger partial charge on any atom is 0.269 e. The van der Waals surface area contributed by atoms with Crippen molar-refractivity contribution in [3.8, 4) is 0 Å². The normalized spacial score (nSPS) is 15.6. The Morgan fingerprint density at radius 3 is 2.46 bits per heavy atom. The zero-order valence-electron chi connectivity index (χ0n) is 14.9. The summed E-state index contributed by atoms with van der Waals surface area (Å²) in [6.45, 7) is 4.04. The van der Waals surface area contributed by atoms with Crippen LogP contribution in [0.5, 0.6) is 0 Å². The van der Waals surface area contributed by atoms with Crippen molar-refractivity contribution in [1.29, 1.82) is 0 Å². The summed E-state index contributed by atoms with van der Waals surface area (Å²) in [6.07, 6.45) is 1.78. The van der Waals surface area contributed by atoms with Crippen molar-refractivity contribution in [3.63, 3.8) is 0 Å². The lowest BCUT2D eigenvalue weighted by Gasteiger charge is -2.38. The molecule has 1 aliphatic heterocycles. The molecule has 1 saturated heterocycles. The van der Waals surface area contributed by atoms with E-state index in [2.05, 4.69) is 4.90 Å². The van der Waals surface area contributed by atoms with Crippen LogP contribution in [-0.2, 0) is 11.3 Å². The van der Waals surface area contributed by atoms with Crippen LogP contribution in [0.4, 0.5) is 11.4 Å². The number of nitrogens with zero attached hydrogens (tertiary/aromatic N) is 3. The second kappa shape index (κ2) is 8.10. The molecule has 0 radical (unpaired) electrons. The van der Waals surface area contributed by atoms with Gasteiger partial charge in [0.25, 0.3) is 5.69 Å². The monoisotopic (exact) mass is 353 g/mol. The molecule has 26 heavy (non-hydrogen) atoms. The number of nitro groups is 1. The molecule has 2 aromatic carbocycles. The molecule has 0 N–H and O–H groups in total. The van der Waals surface area contributed by atoms with E-state index in [0.29, 0.717) is 6.54 Å². The molecule has 1 aliphatic rings. The van der Waals surface area contributed by atoms with Crippen molar-refractivity contribution in [3.05, 3.63) is 70.3 Å². The summed E-state index contributed by atoms with van der Waals surface area (Å²) >= 11 is 0. The predicted octanol–water partition coefficient (Wildman–Crippen LogP) is 3.61. The largest absolute Gasteiger partial charge is 0.310 e. The number of nitro benzene ring substituents is 1. The molecule has 6 nitrogen and oxygen atoms in total. The number of benzene rings is 2. The number of non-ortho nitro benzene ring substituents is 1. The lowest BCUT2D eigenvalue weighted by Crippen LogP contribution is -2.46. The van der Waals surface area contributed by atoms with Gasteiger partial charge in [-0.15, -0.1) is 0 Å². The smallest absolute Gasteiger partial charge is 0.269 e. The standard InChI is InChI=1S/C20H23N3O3/c1-16(24)22(18-7-3-2-4-8-18)19-10-12-21(13-11-19)15-17-6-5-9-20(14-17)23(25)26/h2-9,14,19H,10-13,15H2,1H3. The van der Waals surface area contributed by atoms with Gasteiger partial charge in [0.15, 0.2) is 0 Å². The van der Waals surface area contributed by atoms with Gasteiger partial charge >= 0.3 is 0 Å². The molecule has 0 aliphatic carbocycles.